The van der Waals surface area contributed by atoms with Gasteiger partial charge in [-0.1, -0.05) is 43.1 Å². The minimum atomic E-state index is -0.377. The number of aliphatic hydroxyl groups is 1. The van der Waals surface area contributed by atoms with Gasteiger partial charge in [-0.3, -0.25) is 4.79 Å². The number of carbonyl (C=O) groups excluding carboxylic acids is 1. The van der Waals surface area contributed by atoms with E-state index >= 15 is 0 Å². The second-order valence-corrected chi connectivity index (χ2v) is 7.87. The van der Waals surface area contributed by atoms with Crippen molar-refractivity contribution in [1.82, 2.24) is 0 Å². The first-order valence-corrected chi connectivity index (χ1v) is 8.91. The summed E-state index contributed by atoms with van der Waals surface area (Å²) in [5.41, 5.74) is 2.29. The lowest BCUT2D eigenvalue weighted by atomic mass is 9.96. The van der Waals surface area contributed by atoms with Gasteiger partial charge < -0.3 is 15.2 Å². The van der Waals surface area contributed by atoms with Crippen molar-refractivity contribution in [2.24, 2.45) is 5.41 Å². The lowest BCUT2D eigenvalue weighted by molar-refractivity contribution is -0.110. The van der Waals surface area contributed by atoms with Crippen LogP contribution in [0.4, 0.5) is 5.69 Å². The molecule has 0 fully saturated rings. The molecule has 2 aromatic carbocycles. The largest absolute Gasteiger partial charge is 0.492 e. The van der Waals surface area contributed by atoms with Crippen molar-refractivity contribution in [1.29, 1.82) is 0 Å². The van der Waals surface area contributed by atoms with Gasteiger partial charge >= 0.3 is 0 Å². The highest BCUT2D eigenvalue weighted by atomic mass is 35.5. The normalized spacial score (nSPS) is 15.1. The molecule has 2 aromatic rings. The fourth-order valence-corrected chi connectivity index (χ4v) is 2.90. The van der Waals surface area contributed by atoms with Crippen LogP contribution >= 0.6 is 23.2 Å². The van der Waals surface area contributed by atoms with Crippen LogP contribution in [0, 0.1) is 5.41 Å². The summed E-state index contributed by atoms with van der Waals surface area (Å²) in [4.78, 5) is 12.4. The number of rotatable bonds is 5. The lowest BCUT2D eigenvalue weighted by Gasteiger charge is -2.22. The van der Waals surface area contributed by atoms with Crippen LogP contribution in [0.3, 0.4) is 0 Å². The Morgan fingerprint density at radius 3 is 2.58 bits per heavy atom. The molecule has 136 valence electrons. The van der Waals surface area contributed by atoms with E-state index in [1.165, 1.54) is 0 Å². The first-order chi connectivity index (χ1) is 12.3. The smallest absolute Gasteiger partial charge is 0.256 e. The third-order valence-electron chi connectivity index (χ3n) is 4.08. The van der Waals surface area contributed by atoms with Crippen molar-refractivity contribution in [2.45, 2.75) is 13.8 Å². The van der Waals surface area contributed by atoms with E-state index in [9.17, 15) is 9.90 Å². The molecule has 0 bridgehead atoms. The quantitative estimate of drug-likeness (QED) is 0.713. The van der Waals surface area contributed by atoms with Crippen LogP contribution in [0.25, 0.3) is 11.6 Å². The van der Waals surface area contributed by atoms with Gasteiger partial charge in [-0.2, -0.15) is 0 Å². The highest BCUT2D eigenvalue weighted by Crippen LogP contribution is 2.37. The maximum atomic E-state index is 12.4. The van der Waals surface area contributed by atoms with Crippen molar-refractivity contribution in [3.63, 3.8) is 0 Å². The highest BCUT2D eigenvalue weighted by molar-refractivity contribution is 6.37. The van der Waals surface area contributed by atoms with Gasteiger partial charge in [0.2, 0.25) is 0 Å². The van der Waals surface area contributed by atoms with Gasteiger partial charge in [0.15, 0.2) is 0 Å². The van der Waals surface area contributed by atoms with Gasteiger partial charge in [0.25, 0.3) is 5.91 Å². The number of amides is 1. The SMILES string of the molecule is CC(C)(CO)COc1ccc(Cl)cc1/C=C1/C(=O)Nc2cc(Cl)ccc21. The third kappa shape index (κ3) is 4.04. The molecule has 1 amide bonds. The second-order valence-electron chi connectivity index (χ2n) is 7.00. The zero-order valence-corrected chi connectivity index (χ0v) is 16.0. The molecule has 0 saturated carbocycles. The summed E-state index contributed by atoms with van der Waals surface area (Å²) in [6.45, 7) is 4.16. The molecule has 3 rings (SSSR count). The number of anilines is 1. The van der Waals surface area contributed by atoms with Crippen LogP contribution < -0.4 is 10.1 Å². The molecular formula is C20H19Cl2NO3. The van der Waals surface area contributed by atoms with E-state index < -0.39 is 0 Å². The lowest BCUT2D eigenvalue weighted by Crippen LogP contribution is -2.25. The number of halogens is 2. The van der Waals surface area contributed by atoms with E-state index in [0.717, 1.165) is 5.56 Å². The van der Waals surface area contributed by atoms with E-state index in [-0.39, 0.29) is 17.9 Å². The summed E-state index contributed by atoms with van der Waals surface area (Å²) in [6.07, 6.45) is 1.75. The van der Waals surface area contributed by atoms with Crippen molar-refractivity contribution >= 4 is 46.4 Å². The molecule has 0 radical (unpaired) electrons. The van der Waals surface area contributed by atoms with E-state index in [4.69, 9.17) is 27.9 Å². The summed E-state index contributed by atoms with van der Waals surface area (Å²) in [5.74, 6) is 0.391. The Labute approximate surface area is 162 Å². The van der Waals surface area contributed by atoms with Crippen LogP contribution in [0.1, 0.15) is 25.0 Å². The van der Waals surface area contributed by atoms with Gasteiger partial charge in [-0.25, -0.2) is 0 Å². The Morgan fingerprint density at radius 1 is 1.15 bits per heavy atom. The summed E-state index contributed by atoms with van der Waals surface area (Å²) in [5, 5.41) is 13.3. The number of carbonyl (C=O) groups is 1. The Morgan fingerprint density at radius 2 is 1.85 bits per heavy atom. The maximum Gasteiger partial charge on any atom is 0.256 e. The average molecular weight is 392 g/mol. The molecule has 0 aliphatic carbocycles. The number of benzene rings is 2. The number of aliphatic hydroxyl groups excluding tert-OH is 1. The predicted molar refractivity (Wildman–Crippen MR) is 106 cm³/mol. The monoisotopic (exact) mass is 391 g/mol. The van der Waals surface area contributed by atoms with E-state index in [2.05, 4.69) is 5.32 Å². The van der Waals surface area contributed by atoms with Crippen LogP contribution in [0.15, 0.2) is 36.4 Å². The van der Waals surface area contributed by atoms with E-state index in [0.29, 0.717) is 39.2 Å². The standard InChI is InChI=1S/C20H19Cl2NO3/c1-20(2,10-24)11-26-18-6-4-13(21)7-12(18)8-16-15-5-3-14(22)9-17(15)23-19(16)25/h3-9,24H,10-11H2,1-2H3,(H,23,25)/b16-8+. The van der Waals surface area contributed by atoms with Crippen molar-refractivity contribution in [2.75, 3.05) is 18.5 Å². The molecule has 0 aromatic heterocycles. The summed E-state index contributed by atoms with van der Waals surface area (Å²) in [6, 6.07) is 10.5. The Balaban J connectivity index is 1.98. The van der Waals surface area contributed by atoms with Crippen LogP contribution in [0.5, 0.6) is 5.75 Å². The minimum Gasteiger partial charge on any atom is -0.492 e. The van der Waals surface area contributed by atoms with Crippen LogP contribution in [-0.4, -0.2) is 24.2 Å². The highest BCUT2D eigenvalue weighted by Gasteiger charge is 2.25. The molecule has 1 heterocycles. The topological polar surface area (TPSA) is 58.6 Å². The number of nitrogens with one attached hydrogen (secondary N) is 1. The van der Waals surface area contributed by atoms with Gasteiger partial charge in [0.1, 0.15) is 5.75 Å². The fourth-order valence-electron chi connectivity index (χ4n) is 2.55. The van der Waals surface area contributed by atoms with Crippen LogP contribution in [-0.2, 0) is 4.79 Å². The Kier molecular flexibility index (Phi) is 5.28. The zero-order chi connectivity index (χ0) is 18.9. The third-order valence-corrected chi connectivity index (χ3v) is 4.55. The summed E-state index contributed by atoms with van der Waals surface area (Å²) in [7, 11) is 0. The zero-order valence-electron chi connectivity index (χ0n) is 14.5. The van der Waals surface area contributed by atoms with Crippen molar-refractivity contribution in [3.05, 3.63) is 57.6 Å². The molecule has 6 heteroatoms. The predicted octanol–water partition coefficient (Wildman–Crippen LogP) is 4.88. The minimum absolute atomic E-state index is 0.00749. The van der Waals surface area contributed by atoms with Crippen molar-refractivity contribution in [3.8, 4) is 5.75 Å². The first-order valence-electron chi connectivity index (χ1n) is 8.15. The molecule has 26 heavy (non-hydrogen) atoms. The Bertz CT molecular complexity index is 891. The van der Waals surface area contributed by atoms with Crippen molar-refractivity contribution < 1.29 is 14.6 Å². The number of fused-ring (bicyclic) bond motifs is 1. The van der Waals surface area contributed by atoms with Gasteiger partial charge in [-0.15, -0.1) is 0 Å². The van der Waals surface area contributed by atoms with Gasteiger partial charge in [0, 0.05) is 32.2 Å². The number of hydrogen-bond acceptors (Lipinski definition) is 3. The maximum absolute atomic E-state index is 12.4. The summed E-state index contributed by atoms with van der Waals surface area (Å²) < 4.78 is 5.88. The van der Waals surface area contributed by atoms with Gasteiger partial charge in [0.05, 0.1) is 18.9 Å². The average Bonchev–Trinajstić information content (AvgIpc) is 2.89. The van der Waals surface area contributed by atoms with E-state index in [1.807, 2.05) is 13.8 Å². The molecule has 4 nitrogen and oxygen atoms in total. The van der Waals surface area contributed by atoms with Gasteiger partial charge in [-0.05, 0) is 36.4 Å². The molecule has 0 unspecified atom stereocenters. The molecule has 2 N–H and O–H groups in total. The molecule has 1 aliphatic rings. The molecule has 0 saturated heterocycles. The Hall–Kier alpha value is -2.01. The van der Waals surface area contributed by atoms with E-state index in [1.54, 1.807) is 42.5 Å². The molecular weight excluding hydrogens is 373 g/mol. The molecule has 1 aliphatic heterocycles. The number of hydrogen-bond donors (Lipinski definition) is 2. The fraction of sp³-hybridized carbons (Fsp3) is 0.250. The molecule has 0 spiro atoms. The number of ether oxygens (including phenoxy) is 1. The van der Waals surface area contributed by atoms with Crippen LogP contribution in [0.2, 0.25) is 10.0 Å². The molecule has 0 atom stereocenters. The second kappa shape index (κ2) is 7.31. The summed E-state index contributed by atoms with van der Waals surface area (Å²) >= 11 is 12.1. The first kappa shape index (κ1) is 18.8.